The smallest absolute Gasteiger partial charge is 0.128 e. The lowest BCUT2D eigenvalue weighted by atomic mass is 9.80. The van der Waals surface area contributed by atoms with Crippen LogP contribution >= 0.6 is 0 Å². The Morgan fingerprint density at radius 3 is 2.84 bits per heavy atom. The maximum atomic E-state index is 9.26. The molecule has 2 aromatic rings. The van der Waals surface area contributed by atoms with Crippen LogP contribution in [0.3, 0.4) is 0 Å². The zero-order chi connectivity index (χ0) is 13.2. The molecule has 1 atom stereocenters. The van der Waals surface area contributed by atoms with E-state index in [1.54, 1.807) is 0 Å². The van der Waals surface area contributed by atoms with Crippen molar-refractivity contribution >= 4 is 16.7 Å². The second kappa shape index (κ2) is 4.89. The van der Waals surface area contributed by atoms with E-state index in [4.69, 9.17) is 0 Å². The van der Waals surface area contributed by atoms with Crippen molar-refractivity contribution in [3.05, 3.63) is 35.9 Å². The zero-order valence-corrected chi connectivity index (χ0v) is 11.1. The molecule has 1 N–H and O–H groups in total. The number of nitriles is 1. The molecule has 1 aliphatic carbocycles. The van der Waals surface area contributed by atoms with E-state index in [2.05, 4.69) is 23.3 Å². The van der Waals surface area contributed by atoms with Crippen molar-refractivity contribution in [1.29, 1.82) is 5.26 Å². The molecule has 1 aromatic carbocycles. The molecule has 96 valence electrons. The number of anilines is 1. The summed E-state index contributed by atoms with van der Waals surface area (Å²) in [5, 5.41) is 13.6. The Labute approximate surface area is 113 Å². The van der Waals surface area contributed by atoms with E-state index < -0.39 is 0 Å². The van der Waals surface area contributed by atoms with Gasteiger partial charge in [0.25, 0.3) is 0 Å². The molecule has 3 heteroatoms. The maximum absolute atomic E-state index is 9.26. The van der Waals surface area contributed by atoms with Crippen LogP contribution in [0.2, 0.25) is 0 Å². The Bertz CT molecular complexity index is 638. The molecular weight excluding hydrogens is 234 g/mol. The Balaban J connectivity index is 1.93. The van der Waals surface area contributed by atoms with Gasteiger partial charge in [0, 0.05) is 11.4 Å². The van der Waals surface area contributed by atoms with Crippen LogP contribution in [0, 0.1) is 17.2 Å². The van der Waals surface area contributed by atoms with Crippen LogP contribution in [-0.2, 0) is 0 Å². The minimum absolute atomic E-state index is 0.425. The fourth-order valence-electron chi connectivity index (χ4n) is 2.63. The number of hydrogen-bond acceptors (Lipinski definition) is 3. The van der Waals surface area contributed by atoms with E-state index in [0.717, 1.165) is 22.6 Å². The molecule has 0 bridgehead atoms. The number of nitrogens with zero attached hydrogens (tertiary/aromatic N) is 2. The quantitative estimate of drug-likeness (QED) is 0.904. The van der Waals surface area contributed by atoms with Gasteiger partial charge in [0.2, 0.25) is 0 Å². The van der Waals surface area contributed by atoms with Crippen molar-refractivity contribution in [3.8, 4) is 6.07 Å². The van der Waals surface area contributed by atoms with Crippen LogP contribution < -0.4 is 5.32 Å². The molecule has 1 aromatic heterocycles. The van der Waals surface area contributed by atoms with E-state index in [1.165, 1.54) is 19.3 Å². The fourth-order valence-corrected chi connectivity index (χ4v) is 2.63. The number of fused-ring (bicyclic) bond motifs is 1. The van der Waals surface area contributed by atoms with Crippen molar-refractivity contribution in [2.45, 2.75) is 32.2 Å². The van der Waals surface area contributed by atoms with Crippen LogP contribution in [0.5, 0.6) is 0 Å². The van der Waals surface area contributed by atoms with Gasteiger partial charge >= 0.3 is 0 Å². The first-order chi connectivity index (χ1) is 9.28. The predicted octanol–water partition coefficient (Wildman–Crippen LogP) is 3.71. The van der Waals surface area contributed by atoms with Gasteiger partial charge in [-0.05, 0) is 37.8 Å². The first-order valence-corrected chi connectivity index (χ1v) is 6.84. The van der Waals surface area contributed by atoms with Crippen molar-refractivity contribution < 1.29 is 0 Å². The molecule has 1 saturated carbocycles. The van der Waals surface area contributed by atoms with Crippen molar-refractivity contribution in [2.24, 2.45) is 5.92 Å². The molecule has 3 rings (SSSR count). The van der Waals surface area contributed by atoms with Gasteiger partial charge in [0.1, 0.15) is 5.82 Å². The first-order valence-electron chi connectivity index (χ1n) is 6.84. The number of hydrogen-bond donors (Lipinski definition) is 1. The molecule has 0 spiro atoms. The highest BCUT2D eigenvalue weighted by Gasteiger charge is 2.24. The fraction of sp³-hybridized carbons (Fsp3) is 0.375. The van der Waals surface area contributed by atoms with Crippen LogP contribution in [0.4, 0.5) is 5.82 Å². The number of benzene rings is 1. The third kappa shape index (κ3) is 2.26. The van der Waals surface area contributed by atoms with E-state index in [-0.39, 0.29) is 0 Å². The summed E-state index contributed by atoms with van der Waals surface area (Å²) in [5.74, 6) is 1.56. The normalized spacial score (nSPS) is 16.6. The van der Waals surface area contributed by atoms with Crippen LogP contribution in [0.25, 0.3) is 10.9 Å². The SMILES string of the molecule is CC(Nc1cc(C#N)c2ccccc2n1)C1CCC1. The van der Waals surface area contributed by atoms with E-state index >= 15 is 0 Å². The average molecular weight is 251 g/mol. The number of para-hydroxylation sites is 1. The van der Waals surface area contributed by atoms with Crippen LogP contribution in [0.1, 0.15) is 31.7 Å². The summed E-state index contributed by atoms with van der Waals surface area (Å²) in [6.07, 6.45) is 3.94. The summed E-state index contributed by atoms with van der Waals surface area (Å²) in [4.78, 5) is 4.60. The second-order valence-corrected chi connectivity index (χ2v) is 5.31. The largest absolute Gasteiger partial charge is 0.367 e. The molecule has 0 radical (unpaired) electrons. The van der Waals surface area contributed by atoms with Crippen LogP contribution in [-0.4, -0.2) is 11.0 Å². The highest BCUT2D eigenvalue weighted by Crippen LogP contribution is 2.31. The third-order valence-corrected chi connectivity index (χ3v) is 4.07. The van der Waals surface area contributed by atoms with Crippen LogP contribution in [0.15, 0.2) is 30.3 Å². The van der Waals surface area contributed by atoms with Gasteiger partial charge in [-0.15, -0.1) is 0 Å². The Hall–Kier alpha value is -2.08. The molecule has 0 aliphatic heterocycles. The molecule has 19 heavy (non-hydrogen) atoms. The first kappa shape index (κ1) is 12.0. The lowest BCUT2D eigenvalue weighted by Crippen LogP contribution is -2.31. The lowest BCUT2D eigenvalue weighted by molar-refractivity contribution is 0.285. The Morgan fingerprint density at radius 1 is 1.37 bits per heavy atom. The highest BCUT2D eigenvalue weighted by atomic mass is 15.0. The molecule has 0 amide bonds. The average Bonchev–Trinajstić information content (AvgIpc) is 2.35. The lowest BCUT2D eigenvalue weighted by Gasteiger charge is -2.32. The molecule has 0 saturated heterocycles. The predicted molar refractivity (Wildman–Crippen MR) is 76.9 cm³/mol. The van der Waals surface area contributed by atoms with E-state index in [9.17, 15) is 5.26 Å². The number of rotatable bonds is 3. The van der Waals surface area contributed by atoms with E-state index in [1.807, 2.05) is 30.3 Å². The van der Waals surface area contributed by atoms with Gasteiger partial charge in [-0.2, -0.15) is 5.26 Å². The topological polar surface area (TPSA) is 48.7 Å². The number of nitrogens with one attached hydrogen (secondary N) is 1. The van der Waals surface area contributed by atoms with E-state index in [0.29, 0.717) is 11.6 Å². The zero-order valence-electron chi connectivity index (χ0n) is 11.1. The van der Waals surface area contributed by atoms with Gasteiger partial charge in [0.15, 0.2) is 0 Å². The number of pyridine rings is 1. The van der Waals surface area contributed by atoms with Crippen molar-refractivity contribution in [3.63, 3.8) is 0 Å². The highest BCUT2D eigenvalue weighted by molar-refractivity contribution is 5.86. The van der Waals surface area contributed by atoms with Crippen molar-refractivity contribution in [2.75, 3.05) is 5.32 Å². The Kier molecular flexibility index (Phi) is 3.08. The molecular formula is C16H17N3. The van der Waals surface area contributed by atoms with Gasteiger partial charge in [-0.3, -0.25) is 0 Å². The molecule has 1 unspecified atom stereocenters. The standard InChI is InChI=1S/C16H17N3/c1-11(12-5-4-6-12)18-16-9-13(10-17)14-7-2-3-8-15(14)19-16/h2-3,7-9,11-12H,4-6H2,1H3,(H,18,19). The van der Waals surface area contributed by atoms with Gasteiger partial charge in [-0.1, -0.05) is 24.6 Å². The van der Waals surface area contributed by atoms with Gasteiger partial charge in [-0.25, -0.2) is 4.98 Å². The summed E-state index contributed by atoms with van der Waals surface area (Å²) in [5.41, 5.74) is 1.57. The maximum Gasteiger partial charge on any atom is 0.128 e. The summed E-state index contributed by atoms with van der Waals surface area (Å²) in [7, 11) is 0. The van der Waals surface area contributed by atoms with Crippen molar-refractivity contribution in [1.82, 2.24) is 4.98 Å². The summed E-state index contributed by atoms with van der Waals surface area (Å²) < 4.78 is 0. The molecule has 1 heterocycles. The minimum Gasteiger partial charge on any atom is -0.367 e. The van der Waals surface area contributed by atoms with Gasteiger partial charge < -0.3 is 5.32 Å². The summed E-state index contributed by atoms with van der Waals surface area (Å²) in [6.45, 7) is 2.20. The molecule has 1 aliphatic rings. The molecule has 3 nitrogen and oxygen atoms in total. The minimum atomic E-state index is 0.425. The molecule has 1 fully saturated rings. The summed E-state index contributed by atoms with van der Waals surface area (Å²) >= 11 is 0. The number of aromatic nitrogens is 1. The monoisotopic (exact) mass is 251 g/mol. The second-order valence-electron chi connectivity index (χ2n) is 5.31. The van der Waals surface area contributed by atoms with Gasteiger partial charge in [0.05, 0.1) is 17.1 Å². The third-order valence-electron chi connectivity index (χ3n) is 4.07. The Morgan fingerprint density at radius 2 is 2.16 bits per heavy atom. The summed E-state index contributed by atoms with van der Waals surface area (Å²) in [6, 6.07) is 12.3.